The highest BCUT2D eigenvalue weighted by Crippen LogP contribution is 2.28. The molecule has 29 heavy (non-hydrogen) atoms. The summed E-state index contributed by atoms with van der Waals surface area (Å²) in [5, 5.41) is 6.11. The molecule has 0 aliphatic carbocycles. The number of benzene rings is 2. The molecule has 8 heteroatoms. The van der Waals surface area contributed by atoms with Gasteiger partial charge in [0.05, 0.1) is 28.0 Å². The fraction of sp³-hybridized carbons (Fsp3) is 0. The summed E-state index contributed by atoms with van der Waals surface area (Å²) < 4.78 is 5.14. The molecule has 144 valence electrons. The number of nitrogens with one attached hydrogen (secondary N) is 3. The number of amides is 1. The Balaban J connectivity index is 1.47. The van der Waals surface area contributed by atoms with Gasteiger partial charge in [0.15, 0.2) is 5.11 Å². The molecule has 0 aliphatic heterocycles. The number of carbonyl (C=O) groups excluding carboxylic acids is 1. The second-order valence-electron chi connectivity index (χ2n) is 6.09. The van der Waals surface area contributed by atoms with Crippen LogP contribution >= 0.6 is 23.8 Å². The van der Waals surface area contributed by atoms with Crippen molar-refractivity contribution in [1.82, 2.24) is 15.3 Å². The van der Waals surface area contributed by atoms with Gasteiger partial charge in [-0.15, -0.1) is 0 Å². The number of fused-ring (bicyclic) bond motifs is 1. The predicted octanol–water partition coefficient (Wildman–Crippen LogP) is 5.00. The smallest absolute Gasteiger partial charge is 0.250 e. The highest BCUT2D eigenvalue weighted by atomic mass is 35.5. The number of furan rings is 1. The Bertz CT molecular complexity index is 1180. The first-order valence-corrected chi connectivity index (χ1v) is 9.45. The third-order valence-electron chi connectivity index (χ3n) is 4.06. The van der Waals surface area contributed by atoms with Crippen molar-refractivity contribution in [1.29, 1.82) is 0 Å². The lowest BCUT2D eigenvalue weighted by molar-refractivity contribution is -0.115. The van der Waals surface area contributed by atoms with Gasteiger partial charge in [0.2, 0.25) is 5.91 Å². The Morgan fingerprint density at radius 3 is 2.83 bits per heavy atom. The Morgan fingerprint density at radius 2 is 2.03 bits per heavy atom. The zero-order valence-corrected chi connectivity index (χ0v) is 16.6. The molecule has 2 aromatic heterocycles. The maximum Gasteiger partial charge on any atom is 0.250 e. The van der Waals surface area contributed by atoms with E-state index in [0.717, 1.165) is 16.6 Å². The summed E-state index contributed by atoms with van der Waals surface area (Å²) in [5.41, 5.74) is 3.21. The van der Waals surface area contributed by atoms with Crippen molar-refractivity contribution in [2.24, 2.45) is 0 Å². The minimum atomic E-state index is -0.386. The van der Waals surface area contributed by atoms with Crippen LogP contribution in [-0.4, -0.2) is 21.0 Å². The maximum absolute atomic E-state index is 12.0. The highest BCUT2D eigenvalue weighted by Gasteiger charge is 2.10. The number of aromatic amines is 1. The number of anilines is 1. The molecule has 4 aromatic rings. The average Bonchev–Trinajstić information content (AvgIpc) is 3.37. The van der Waals surface area contributed by atoms with Gasteiger partial charge in [-0.05, 0) is 60.8 Å². The molecular weight excluding hydrogens is 408 g/mol. The van der Waals surface area contributed by atoms with Crippen LogP contribution in [0.25, 0.3) is 28.5 Å². The van der Waals surface area contributed by atoms with E-state index in [1.807, 2.05) is 36.4 Å². The largest absolute Gasteiger partial charge is 0.465 e. The molecule has 2 aromatic carbocycles. The van der Waals surface area contributed by atoms with E-state index in [2.05, 4.69) is 20.6 Å². The van der Waals surface area contributed by atoms with E-state index in [4.69, 9.17) is 28.2 Å². The van der Waals surface area contributed by atoms with Gasteiger partial charge in [0, 0.05) is 11.6 Å². The van der Waals surface area contributed by atoms with E-state index >= 15 is 0 Å². The van der Waals surface area contributed by atoms with Crippen molar-refractivity contribution < 1.29 is 9.21 Å². The second kappa shape index (κ2) is 8.30. The number of para-hydroxylation sites is 2. The van der Waals surface area contributed by atoms with Crippen molar-refractivity contribution in [3.8, 4) is 11.4 Å². The first-order chi connectivity index (χ1) is 14.1. The molecule has 0 atom stereocenters. The van der Waals surface area contributed by atoms with Gasteiger partial charge < -0.3 is 14.7 Å². The summed E-state index contributed by atoms with van der Waals surface area (Å²) in [6.45, 7) is 0. The number of halogens is 1. The van der Waals surface area contributed by atoms with Gasteiger partial charge >= 0.3 is 0 Å². The van der Waals surface area contributed by atoms with Crippen LogP contribution in [0.4, 0.5) is 5.69 Å². The molecule has 0 aliphatic rings. The monoisotopic (exact) mass is 422 g/mol. The summed E-state index contributed by atoms with van der Waals surface area (Å²) in [7, 11) is 0. The van der Waals surface area contributed by atoms with E-state index in [0.29, 0.717) is 22.3 Å². The maximum atomic E-state index is 12.0. The first kappa shape index (κ1) is 18.9. The van der Waals surface area contributed by atoms with Gasteiger partial charge in [0.1, 0.15) is 11.6 Å². The number of imidazole rings is 1. The quantitative estimate of drug-likeness (QED) is 0.318. The molecule has 1 amide bonds. The number of rotatable bonds is 4. The number of hydrogen-bond acceptors (Lipinski definition) is 4. The van der Waals surface area contributed by atoms with Gasteiger partial charge in [-0.3, -0.25) is 10.1 Å². The summed E-state index contributed by atoms with van der Waals surface area (Å²) in [6.07, 6.45) is 4.41. The van der Waals surface area contributed by atoms with Gasteiger partial charge in [-0.25, -0.2) is 4.98 Å². The number of thiocarbonyl (C=S) groups is 1. The molecule has 0 radical (unpaired) electrons. The first-order valence-electron chi connectivity index (χ1n) is 8.67. The molecule has 0 unspecified atom stereocenters. The lowest BCUT2D eigenvalue weighted by Crippen LogP contribution is -2.32. The number of carbonyl (C=O) groups is 1. The Kier molecular flexibility index (Phi) is 5.41. The van der Waals surface area contributed by atoms with Crippen molar-refractivity contribution in [2.45, 2.75) is 0 Å². The Morgan fingerprint density at radius 1 is 1.17 bits per heavy atom. The van der Waals surface area contributed by atoms with Crippen molar-refractivity contribution >= 4 is 57.6 Å². The number of aromatic nitrogens is 2. The van der Waals surface area contributed by atoms with Crippen LogP contribution < -0.4 is 10.6 Å². The molecule has 0 bridgehead atoms. The van der Waals surface area contributed by atoms with Gasteiger partial charge in [-0.2, -0.15) is 0 Å². The topological polar surface area (TPSA) is 82.9 Å². The predicted molar refractivity (Wildman–Crippen MR) is 119 cm³/mol. The molecule has 3 N–H and O–H groups in total. The van der Waals surface area contributed by atoms with Crippen molar-refractivity contribution in [2.75, 3.05) is 5.32 Å². The van der Waals surface area contributed by atoms with E-state index in [1.54, 1.807) is 24.3 Å². The van der Waals surface area contributed by atoms with Crippen LogP contribution in [0.1, 0.15) is 5.76 Å². The van der Waals surface area contributed by atoms with Crippen LogP contribution in [0, 0.1) is 0 Å². The van der Waals surface area contributed by atoms with Crippen LogP contribution in [0.15, 0.2) is 71.4 Å². The van der Waals surface area contributed by atoms with Gasteiger partial charge in [-0.1, -0.05) is 23.7 Å². The molecule has 0 spiro atoms. The Labute approximate surface area is 176 Å². The molecule has 0 saturated carbocycles. The number of nitrogens with zero attached hydrogens (tertiary/aromatic N) is 1. The fourth-order valence-electron chi connectivity index (χ4n) is 2.71. The van der Waals surface area contributed by atoms with E-state index in [9.17, 15) is 4.79 Å². The fourth-order valence-corrected chi connectivity index (χ4v) is 3.08. The van der Waals surface area contributed by atoms with E-state index in [1.165, 1.54) is 12.3 Å². The van der Waals surface area contributed by atoms with E-state index in [-0.39, 0.29) is 11.0 Å². The number of hydrogen-bond donors (Lipinski definition) is 3. The summed E-state index contributed by atoms with van der Waals surface area (Å²) in [6, 6.07) is 16.7. The molecule has 0 saturated heterocycles. The minimum absolute atomic E-state index is 0.128. The summed E-state index contributed by atoms with van der Waals surface area (Å²) in [4.78, 5) is 19.9. The van der Waals surface area contributed by atoms with Gasteiger partial charge in [0.25, 0.3) is 0 Å². The lowest BCUT2D eigenvalue weighted by Gasteiger charge is -2.11. The van der Waals surface area contributed by atoms with Crippen molar-refractivity contribution in [3.63, 3.8) is 0 Å². The van der Waals surface area contributed by atoms with Crippen LogP contribution in [0.3, 0.4) is 0 Å². The summed E-state index contributed by atoms with van der Waals surface area (Å²) >= 11 is 11.5. The molecular formula is C21H15ClN4O2S. The third-order valence-corrected chi connectivity index (χ3v) is 4.59. The molecule has 6 nitrogen and oxygen atoms in total. The lowest BCUT2D eigenvalue weighted by atomic mass is 10.2. The zero-order chi connectivity index (χ0) is 20.2. The average molecular weight is 423 g/mol. The summed E-state index contributed by atoms with van der Waals surface area (Å²) in [5.74, 6) is 0.895. The molecule has 4 rings (SSSR count). The normalized spacial score (nSPS) is 11.1. The number of H-pyrrole nitrogens is 1. The van der Waals surface area contributed by atoms with E-state index < -0.39 is 0 Å². The Hall–Kier alpha value is -3.42. The van der Waals surface area contributed by atoms with Crippen molar-refractivity contribution in [3.05, 3.63) is 77.7 Å². The highest BCUT2D eigenvalue weighted by molar-refractivity contribution is 7.80. The van der Waals surface area contributed by atoms with Crippen LogP contribution in [0.2, 0.25) is 5.02 Å². The molecule has 0 fully saturated rings. The van der Waals surface area contributed by atoms with Crippen LogP contribution in [0.5, 0.6) is 0 Å². The SMILES string of the molecule is O=C(/C=C/c1ccco1)NC(=S)Nc1cc(-c2nc3ccccc3[nH]2)ccc1Cl. The minimum Gasteiger partial charge on any atom is -0.465 e. The second-order valence-corrected chi connectivity index (χ2v) is 6.90. The standard InChI is InChI=1S/C21H15ClN4O2S/c22-15-9-7-13(20-23-16-5-1-2-6-17(16)24-20)12-18(15)25-21(29)26-19(27)10-8-14-4-3-11-28-14/h1-12H,(H,23,24)(H2,25,26,27,29)/b10-8+. The third kappa shape index (κ3) is 4.53. The van der Waals surface area contributed by atoms with Crippen LogP contribution in [-0.2, 0) is 4.79 Å². The zero-order valence-electron chi connectivity index (χ0n) is 15.0. The molecule has 2 heterocycles.